The molecule has 154 valence electrons. The van der Waals surface area contributed by atoms with Crippen molar-refractivity contribution in [2.45, 2.75) is 13.8 Å². The topological polar surface area (TPSA) is 76.0 Å². The number of carbonyl (C=O) groups is 2. The highest BCUT2D eigenvalue weighted by Gasteiger charge is 2.18. The third-order valence-electron chi connectivity index (χ3n) is 4.95. The summed E-state index contributed by atoms with van der Waals surface area (Å²) in [6.07, 6.45) is 1.53. The molecule has 1 heterocycles. The van der Waals surface area contributed by atoms with E-state index >= 15 is 0 Å². The molecule has 2 N–H and O–H groups in total. The van der Waals surface area contributed by atoms with Crippen molar-refractivity contribution in [3.8, 4) is 5.69 Å². The number of carbonyl (C=O) groups excluding carboxylic acids is 2. The van der Waals surface area contributed by atoms with E-state index in [1.165, 1.54) is 6.20 Å². The number of rotatable bonds is 5. The third-order valence-corrected chi connectivity index (χ3v) is 4.95. The number of para-hydroxylation sites is 2. The largest absolute Gasteiger partial charge is 0.322 e. The highest BCUT2D eigenvalue weighted by Crippen LogP contribution is 2.20. The summed E-state index contributed by atoms with van der Waals surface area (Å²) in [5.41, 5.74) is 4.59. The SMILES string of the molecule is Cc1cccc(NC(=O)c2ccccc2NC(=O)c2cnn(-c3ccccc3)c2C)c1. The average Bonchev–Trinajstić information content (AvgIpc) is 3.16. The van der Waals surface area contributed by atoms with Crippen LogP contribution in [0.2, 0.25) is 0 Å². The Hall–Kier alpha value is -4.19. The number of aryl methyl sites for hydroxylation is 1. The highest BCUT2D eigenvalue weighted by molar-refractivity contribution is 6.12. The van der Waals surface area contributed by atoms with E-state index in [2.05, 4.69) is 15.7 Å². The van der Waals surface area contributed by atoms with Gasteiger partial charge in [-0.05, 0) is 55.8 Å². The summed E-state index contributed by atoms with van der Waals surface area (Å²) >= 11 is 0. The molecule has 0 fully saturated rings. The first-order valence-corrected chi connectivity index (χ1v) is 9.91. The quantitative estimate of drug-likeness (QED) is 0.486. The van der Waals surface area contributed by atoms with Crippen LogP contribution < -0.4 is 10.6 Å². The molecule has 6 heteroatoms. The van der Waals surface area contributed by atoms with E-state index < -0.39 is 0 Å². The van der Waals surface area contributed by atoms with Gasteiger partial charge in [0.1, 0.15) is 0 Å². The van der Waals surface area contributed by atoms with Crippen LogP contribution in [0.25, 0.3) is 5.69 Å². The smallest absolute Gasteiger partial charge is 0.259 e. The molecule has 0 saturated heterocycles. The number of benzene rings is 3. The Labute approximate surface area is 180 Å². The van der Waals surface area contributed by atoms with Gasteiger partial charge in [-0.2, -0.15) is 5.10 Å². The Morgan fingerprint density at radius 2 is 1.48 bits per heavy atom. The molecule has 4 aromatic rings. The van der Waals surface area contributed by atoms with Crippen molar-refractivity contribution < 1.29 is 9.59 Å². The monoisotopic (exact) mass is 410 g/mol. The van der Waals surface area contributed by atoms with Crippen LogP contribution in [-0.2, 0) is 0 Å². The predicted molar refractivity (Wildman–Crippen MR) is 122 cm³/mol. The summed E-state index contributed by atoms with van der Waals surface area (Å²) in [7, 11) is 0. The fourth-order valence-corrected chi connectivity index (χ4v) is 3.36. The van der Waals surface area contributed by atoms with Gasteiger partial charge in [0.25, 0.3) is 11.8 Å². The van der Waals surface area contributed by atoms with E-state index in [0.29, 0.717) is 28.2 Å². The van der Waals surface area contributed by atoms with Gasteiger partial charge < -0.3 is 10.6 Å². The van der Waals surface area contributed by atoms with Crippen molar-refractivity contribution in [1.82, 2.24) is 9.78 Å². The first-order chi connectivity index (χ1) is 15.0. The van der Waals surface area contributed by atoms with Crippen molar-refractivity contribution in [3.63, 3.8) is 0 Å². The van der Waals surface area contributed by atoms with Crippen LogP contribution in [0.3, 0.4) is 0 Å². The Kier molecular flexibility index (Phi) is 5.62. The predicted octanol–water partition coefficient (Wildman–Crippen LogP) is 4.99. The molecule has 1 aromatic heterocycles. The summed E-state index contributed by atoms with van der Waals surface area (Å²) < 4.78 is 1.71. The molecule has 6 nitrogen and oxygen atoms in total. The van der Waals surface area contributed by atoms with Crippen LogP contribution in [0.5, 0.6) is 0 Å². The van der Waals surface area contributed by atoms with Gasteiger partial charge in [0.15, 0.2) is 0 Å². The number of hydrogen-bond acceptors (Lipinski definition) is 3. The molecule has 0 aliphatic rings. The second-order valence-corrected chi connectivity index (χ2v) is 7.21. The maximum absolute atomic E-state index is 13.0. The first kappa shape index (κ1) is 20.1. The number of amides is 2. The number of anilines is 2. The minimum Gasteiger partial charge on any atom is -0.322 e. The Morgan fingerprint density at radius 1 is 0.774 bits per heavy atom. The summed E-state index contributed by atoms with van der Waals surface area (Å²) in [5, 5.41) is 10.1. The van der Waals surface area contributed by atoms with E-state index in [4.69, 9.17) is 0 Å². The van der Waals surface area contributed by atoms with Crippen LogP contribution in [-0.4, -0.2) is 21.6 Å². The lowest BCUT2D eigenvalue weighted by molar-refractivity contribution is 0.102. The molecule has 0 atom stereocenters. The molecule has 3 aromatic carbocycles. The lowest BCUT2D eigenvalue weighted by Crippen LogP contribution is -2.18. The first-order valence-electron chi connectivity index (χ1n) is 9.91. The molecule has 0 saturated carbocycles. The number of aromatic nitrogens is 2. The van der Waals surface area contributed by atoms with Crippen LogP contribution >= 0.6 is 0 Å². The molecule has 0 aliphatic heterocycles. The van der Waals surface area contributed by atoms with Crippen molar-refractivity contribution >= 4 is 23.2 Å². The third kappa shape index (κ3) is 4.38. The number of nitrogens with zero attached hydrogens (tertiary/aromatic N) is 2. The summed E-state index contributed by atoms with van der Waals surface area (Å²) in [4.78, 5) is 25.8. The molecule has 2 amide bonds. The van der Waals surface area contributed by atoms with E-state index in [9.17, 15) is 9.59 Å². The van der Waals surface area contributed by atoms with Gasteiger partial charge in [-0.15, -0.1) is 0 Å². The minimum atomic E-state index is -0.324. The maximum atomic E-state index is 13.0. The van der Waals surface area contributed by atoms with Gasteiger partial charge in [-0.3, -0.25) is 9.59 Å². The Morgan fingerprint density at radius 3 is 2.26 bits per heavy atom. The average molecular weight is 410 g/mol. The van der Waals surface area contributed by atoms with Crippen molar-refractivity contribution in [2.75, 3.05) is 10.6 Å². The summed E-state index contributed by atoms with van der Waals surface area (Å²) in [5.74, 6) is -0.617. The fourth-order valence-electron chi connectivity index (χ4n) is 3.36. The van der Waals surface area contributed by atoms with E-state index in [0.717, 1.165) is 11.3 Å². The van der Waals surface area contributed by atoms with Crippen LogP contribution in [0.1, 0.15) is 32.0 Å². The second kappa shape index (κ2) is 8.67. The lowest BCUT2D eigenvalue weighted by atomic mass is 10.1. The molecular weight excluding hydrogens is 388 g/mol. The van der Waals surface area contributed by atoms with E-state index in [1.807, 2.05) is 68.4 Å². The molecule has 0 unspecified atom stereocenters. The maximum Gasteiger partial charge on any atom is 0.259 e. The van der Waals surface area contributed by atoms with Crippen molar-refractivity contribution in [3.05, 3.63) is 107 Å². The molecule has 0 aliphatic carbocycles. The zero-order valence-electron chi connectivity index (χ0n) is 17.3. The lowest BCUT2D eigenvalue weighted by Gasteiger charge is -2.12. The Bertz CT molecular complexity index is 1250. The zero-order chi connectivity index (χ0) is 21.8. The normalized spacial score (nSPS) is 10.5. The molecule has 0 radical (unpaired) electrons. The van der Waals surface area contributed by atoms with Crippen molar-refractivity contribution in [1.29, 1.82) is 0 Å². The molecular formula is C25H22N4O2. The van der Waals surface area contributed by atoms with Crippen LogP contribution in [0.4, 0.5) is 11.4 Å². The summed E-state index contributed by atoms with van der Waals surface area (Å²) in [6.45, 7) is 3.80. The summed E-state index contributed by atoms with van der Waals surface area (Å²) in [6, 6.07) is 24.1. The zero-order valence-corrected chi connectivity index (χ0v) is 17.3. The van der Waals surface area contributed by atoms with Gasteiger partial charge >= 0.3 is 0 Å². The van der Waals surface area contributed by atoms with Crippen LogP contribution in [0.15, 0.2) is 85.1 Å². The molecule has 31 heavy (non-hydrogen) atoms. The molecule has 0 spiro atoms. The number of nitrogens with one attached hydrogen (secondary N) is 2. The van der Waals surface area contributed by atoms with E-state index in [1.54, 1.807) is 28.9 Å². The Balaban J connectivity index is 1.56. The standard InChI is InChI=1S/C25H22N4O2/c1-17-9-8-10-19(15-17)27-24(30)21-13-6-7-14-23(21)28-25(31)22-16-26-29(18(22)2)20-11-4-3-5-12-20/h3-16H,1-2H3,(H,27,30)(H,28,31). The van der Waals surface area contributed by atoms with E-state index in [-0.39, 0.29) is 11.8 Å². The fraction of sp³-hybridized carbons (Fsp3) is 0.0800. The minimum absolute atomic E-state index is 0.293. The van der Waals surface area contributed by atoms with Gasteiger partial charge in [-0.25, -0.2) is 4.68 Å². The van der Waals surface area contributed by atoms with Crippen LogP contribution in [0, 0.1) is 13.8 Å². The van der Waals surface area contributed by atoms with Gasteiger partial charge in [0, 0.05) is 5.69 Å². The molecule has 0 bridgehead atoms. The van der Waals surface area contributed by atoms with Crippen molar-refractivity contribution in [2.24, 2.45) is 0 Å². The van der Waals surface area contributed by atoms with Gasteiger partial charge in [0.05, 0.1) is 34.4 Å². The van der Waals surface area contributed by atoms with Gasteiger partial charge in [0.2, 0.25) is 0 Å². The highest BCUT2D eigenvalue weighted by atomic mass is 16.2. The number of hydrogen-bond donors (Lipinski definition) is 2. The molecule has 4 rings (SSSR count). The second-order valence-electron chi connectivity index (χ2n) is 7.21. The van der Waals surface area contributed by atoms with Gasteiger partial charge in [-0.1, -0.05) is 42.5 Å².